The number of ketones is 1. The Morgan fingerprint density at radius 3 is 2.50 bits per heavy atom. The van der Waals surface area contributed by atoms with Gasteiger partial charge in [0.2, 0.25) is 0 Å². The molecule has 1 saturated carbocycles. The molecule has 1 aliphatic carbocycles. The Morgan fingerprint density at radius 1 is 1.25 bits per heavy atom. The van der Waals surface area contributed by atoms with Crippen LogP contribution in [0.5, 0.6) is 5.75 Å². The van der Waals surface area contributed by atoms with Crippen molar-refractivity contribution in [2.75, 3.05) is 5.32 Å². The van der Waals surface area contributed by atoms with Crippen molar-refractivity contribution < 1.29 is 24.2 Å². The number of anilines is 1. The molecule has 1 aliphatic rings. The average molecular weight is 387 g/mol. The van der Waals surface area contributed by atoms with Crippen LogP contribution in [-0.2, 0) is 16.1 Å². The Balaban J connectivity index is 1.93. The number of carbonyl (C=O) groups excluding carboxylic acids is 3. The summed E-state index contributed by atoms with van der Waals surface area (Å²) in [6.45, 7) is 6.64. The van der Waals surface area contributed by atoms with E-state index < -0.39 is 17.6 Å². The number of ether oxygens (including phenoxy) is 1. The first-order chi connectivity index (χ1) is 13.0. The highest BCUT2D eigenvalue weighted by molar-refractivity contribution is 6.09. The molecule has 28 heavy (non-hydrogen) atoms. The molecule has 0 aliphatic heterocycles. The van der Waals surface area contributed by atoms with Gasteiger partial charge in [-0.25, -0.2) is 4.79 Å². The van der Waals surface area contributed by atoms with Crippen LogP contribution in [0.1, 0.15) is 50.9 Å². The van der Waals surface area contributed by atoms with Gasteiger partial charge in [-0.1, -0.05) is 0 Å². The van der Waals surface area contributed by atoms with Gasteiger partial charge in [0, 0.05) is 29.3 Å². The summed E-state index contributed by atoms with van der Waals surface area (Å²) in [5.41, 5.74) is 0.464. The van der Waals surface area contributed by atoms with Crippen molar-refractivity contribution in [3.8, 4) is 5.75 Å². The van der Waals surface area contributed by atoms with Gasteiger partial charge in [-0.05, 0) is 46.6 Å². The van der Waals surface area contributed by atoms with Crippen LogP contribution >= 0.6 is 0 Å². The van der Waals surface area contributed by atoms with Crippen molar-refractivity contribution in [1.82, 2.24) is 9.88 Å². The van der Waals surface area contributed by atoms with Crippen molar-refractivity contribution >= 4 is 34.4 Å². The van der Waals surface area contributed by atoms with Gasteiger partial charge in [-0.3, -0.25) is 9.59 Å². The van der Waals surface area contributed by atoms with E-state index in [4.69, 9.17) is 4.74 Å². The monoisotopic (exact) mass is 387 g/mol. The lowest BCUT2D eigenvalue weighted by Crippen LogP contribution is -2.30. The lowest BCUT2D eigenvalue weighted by Gasteiger charge is -2.19. The van der Waals surface area contributed by atoms with Gasteiger partial charge < -0.3 is 25.0 Å². The summed E-state index contributed by atoms with van der Waals surface area (Å²) in [5, 5.41) is 16.3. The maximum absolute atomic E-state index is 12.2. The van der Waals surface area contributed by atoms with Crippen molar-refractivity contribution in [3.63, 3.8) is 0 Å². The molecule has 0 atom stereocenters. The highest BCUT2D eigenvalue weighted by atomic mass is 16.6. The zero-order valence-electron chi connectivity index (χ0n) is 16.5. The Hall–Kier alpha value is -3.03. The fraction of sp³-hybridized carbons (Fsp3) is 0.450. The average Bonchev–Trinajstić information content (AvgIpc) is 3.28. The third kappa shape index (κ3) is 4.62. The number of fused-ring (bicyclic) bond motifs is 1. The van der Waals surface area contributed by atoms with E-state index in [2.05, 4.69) is 10.6 Å². The summed E-state index contributed by atoms with van der Waals surface area (Å²) in [7, 11) is 0. The fourth-order valence-corrected chi connectivity index (χ4v) is 2.92. The molecule has 0 spiro atoms. The Morgan fingerprint density at radius 2 is 1.93 bits per heavy atom. The number of phenolic OH excluding ortho intramolecular Hbond substituents is 1. The number of urea groups is 1. The van der Waals surface area contributed by atoms with E-state index in [1.54, 1.807) is 37.6 Å². The van der Waals surface area contributed by atoms with E-state index >= 15 is 0 Å². The van der Waals surface area contributed by atoms with Crippen LogP contribution in [-0.4, -0.2) is 39.1 Å². The molecule has 0 saturated heterocycles. The Labute approximate surface area is 162 Å². The number of aromatic hydroxyl groups is 1. The van der Waals surface area contributed by atoms with Gasteiger partial charge in [0.15, 0.2) is 5.78 Å². The normalized spacial score (nSPS) is 14.0. The minimum Gasteiger partial charge on any atom is -0.506 e. The first kappa shape index (κ1) is 19.7. The summed E-state index contributed by atoms with van der Waals surface area (Å²) in [6, 6.07) is 2.74. The smallest absolute Gasteiger partial charge is 0.326 e. The molecule has 3 rings (SSSR count). The lowest BCUT2D eigenvalue weighted by atomic mass is 10.1. The maximum Gasteiger partial charge on any atom is 0.326 e. The Kier molecular flexibility index (Phi) is 5.06. The summed E-state index contributed by atoms with van der Waals surface area (Å²) in [4.78, 5) is 36.3. The zero-order valence-corrected chi connectivity index (χ0v) is 16.5. The highest BCUT2D eigenvalue weighted by Crippen LogP contribution is 2.33. The fourth-order valence-electron chi connectivity index (χ4n) is 2.92. The largest absolute Gasteiger partial charge is 0.506 e. The van der Waals surface area contributed by atoms with Crippen molar-refractivity contribution in [2.45, 2.75) is 58.7 Å². The third-order valence-corrected chi connectivity index (χ3v) is 4.26. The summed E-state index contributed by atoms with van der Waals surface area (Å²) < 4.78 is 6.90. The van der Waals surface area contributed by atoms with Crippen LogP contribution in [0.3, 0.4) is 0 Å². The molecule has 1 aromatic carbocycles. The number of carbonyl (C=O) groups is 3. The van der Waals surface area contributed by atoms with E-state index in [9.17, 15) is 19.5 Å². The lowest BCUT2D eigenvalue weighted by molar-refractivity contribution is -0.155. The molecule has 0 unspecified atom stereocenters. The van der Waals surface area contributed by atoms with Crippen LogP contribution in [0, 0.1) is 0 Å². The van der Waals surface area contributed by atoms with Crippen LogP contribution in [0.4, 0.5) is 10.5 Å². The molecular formula is C20H25N3O5. The molecular weight excluding hydrogens is 362 g/mol. The number of hydrogen-bond donors (Lipinski definition) is 3. The summed E-state index contributed by atoms with van der Waals surface area (Å²) >= 11 is 0. The van der Waals surface area contributed by atoms with Crippen LogP contribution in [0.2, 0.25) is 0 Å². The molecule has 1 fully saturated rings. The molecule has 1 heterocycles. The third-order valence-electron chi connectivity index (χ3n) is 4.26. The molecule has 2 amide bonds. The van der Waals surface area contributed by atoms with E-state index in [0.29, 0.717) is 16.5 Å². The van der Waals surface area contributed by atoms with Gasteiger partial charge in [0.1, 0.15) is 17.9 Å². The van der Waals surface area contributed by atoms with Gasteiger partial charge >= 0.3 is 12.0 Å². The van der Waals surface area contributed by atoms with Gasteiger partial charge in [0.05, 0.1) is 11.2 Å². The summed E-state index contributed by atoms with van der Waals surface area (Å²) in [5.74, 6) is -0.797. The molecule has 150 valence electrons. The van der Waals surface area contributed by atoms with Crippen molar-refractivity contribution in [2.24, 2.45) is 0 Å². The minimum absolute atomic E-state index is 0.102. The number of Topliss-reactive ketones (excluding diaryl/α,β-unsaturated/α-hetero) is 1. The van der Waals surface area contributed by atoms with Crippen molar-refractivity contribution in [1.29, 1.82) is 0 Å². The molecule has 8 nitrogen and oxygen atoms in total. The molecule has 8 heteroatoms. The molecule has 0 bridgehead atoms. The molecule has 0 radical (unpaired) electrons. The number of nitrogens with zero attached hydrogens (tertiary/aromatic N) is 1. The van der Waals surface area contributed by atoms with E-state index in [-0.39, 0.29) is 29.8 Å². The van der Waals surface area contributed by atoms with Gasteiger partial charge in [-0.15, -0.1) is 0 Å². The van der Waals surface area contributed by atoms with E-state index in [1.807, 2.05) is 0 Å². The van der Waals surface area contributed by atoms with Crippen LogP contribution < -0.4 is 10.6 Å². The predicted octanol–water partition coefficient (Wildman–Crippen LogP) is 3.18. The number of nitrogens with one attached hydrogen (secondary N) is 2. The van der Waals surface area contributed by atoms with Gasteiger partial charge in [0.25, 0.3) is 0 Å². The first-order valence-corrected chi connectivity index (χ1v) is 9.19. The second-order valence-corrected chi connectivity index (χ2v) is 8.07. The quantitative estimate of drug-likeness (QED) is 0.415. The number of rotatable bonds is 5. The zero-order chi connectivity index (χ0) is 20.6. The number of phenols is 1. The number of aromatic nitrogens is 1. The highest BCUT2D eigenvalue weighted by Gasteiger charge is 2.24. The minimum atomic E-state index is -0.627. The molecule has 3 N–H and O–H groups in total. The second kappa shape index (κ2) is 7.18. The predicted molar refractivity (Wildman–Crippen MR) is 105 cm³/mol. The maximum atomic E-state index is 12.2. The number of hydrogen-bond acceptors (Lipinski definition) is 5. The molecule has 2 aromatic rings. The van der Waals surface area contributed by atoms with Crippen LogP contribution in [0.25, 0.3) is 10.9 Å². The van der Waals surface area contributed by atoms with Crippen LogP contribution in [0.15, 0.2) is 18.3 Å². The summed E-state index contributed by atoms with van der Waals surface area (Å²) in [6.07, 6.45) is 3.45. The topological polar surface area (TPSA) is 110 Å². The van der Waals surface area contributed by atoms with Crippen molar-refractivity contribution in [3.05, 3.63) is 23.9 Å². The second-order valence-electron chi connectivity index (χ2n) is 8.07. The molecule has 1 aromatic heterocycles. The Bertz CT molecular complexity index is 951. The first-order valence-electron chi connectivity index (χ1n) is 9.19. The van der Waals surface area contributed by atoms with E-state index in [0.717, 1.165) is 12.8 Å². The SMILES string of the molecule is CC(=O)c1cn(CC(=O)OC(C)(C)C)c2cc(O)c(NC(=O)NC3CC3)cc12. The number of amides is 2. The van der Waals surface area contributed by atoms with E-state index in [1.165, 1.54) is 13.0 Å². The number of benzene rings is 1. The van der Waals surface area contributed by atoms with Gasteiger partial charge in [-0.2, -0.15) is 0 Å². The standard InChI is InChI=1S/C20H25N3O5/c1-11(24)14-9-23(10-18(26)28-20(2,3)4)16-8-17(25)15(7-13(14)16)22-19(27)21-12-5-6-12/h7-9,12,25H,5-6,10H2,1-4H3,(H2,21,22,27). The number of esters is 1.